The fourth-order valence-electron chi connectivity index (χ4n) is 2.86. The summed E-state index contributed by atoms with van der Waals surface area (Å²) in [4.78, 5) is 22.7. The molecule has 11 heteroatoms. The molecule has 0 unspecified atom stereocenters. The highest BCUT2D eigenvalue weighted by atomic mass is 19.4. The van der Waals surface area contributed by atoms with E-state index in [0.29, 0.717) is 18.3 Å². The van der Waals surface area contributed by atoms with E-state index in [1.165, 1.54) is 12.8 Å². The number of imidazole rings is 1. The van der Waals surface area contributed by atoms with Crippen molar-refractivity contribution in [2.24, 2.45) is 7.05 Å². The number of rotatable bonds is 6. The van der Waals surface area contributed by atoms with E-state index >= 15 is 0 Å². The fraction of sp³-hybridized carbons (Fsp3) is 0.333. The second-order valence-electron chi connectivity index (χ2n) is 7.11. The Morgan fingerprint density at radius 2 is 1.97 bits per heavy atom. The van der Waals surface area contributed by atoms with Gasteiger partial charge in [0, 0.05) is 49.2 Å². The van der Waals surface area contributed by atoms with E-state index in [2.05, 4.69) is 27.4 Å². The lowest BCUT2D eigenvalue weighted by Gasteiger charge is -2.12. The van der Waals surface area contributed by atoms with Crippen molar-refractivity contribution in [3.8, 4) is 17.4 Å². The van der Waals surface area contributed by atoms with Crippen molar-refractivity contribution in [1.29, 1.82) is 0 Å². The molecular formula is C21H22F3N5O3. The number of carboxylic acids is 1. The number of aryl methyl sites for hydroxylation is 1. The van der Waals surface area contributed by atoms with Gasteiger partial charge < -0.3 is 19.7 Å². The summed E-state index contributed by atoms with van der Waals surface area (Å²) in [6.45, 7) is 0.644. The van der Waals surface area contributed by atoms with Crippen LogP contribution in [-0.4, -0.2) is 43.9 Å². The summed E-state index contributed by atoms with van der Waals surface area (Å²) in [6.07, 6.45) is 0.987. The van der Waals surface area contributed by atoms with Gasteiger partial charge in [0.2, 0.25) is 0 Å². The van der Waals surface area contributed by atoms with Crippen molar-refractivity contribution in [1.82, 2.24) is 19.5 Å². The van der Waals surface area contributed by atoms with Gasteiger partial charge in [-0.2, -0.15) is 13.2 Å². The Morgan fingerprint density at radius 1 is 1.28 bits per heavy atom. The largest absolute Gasteiger partial charge is 0.496 e. The van der Waals surface area contributed by atoms with Crippen molar-refractivity contribution in [3.05, 3.63) is 54.0 Å². The molecule has 0 bridgehead atoms. The van der Waals surface area contributed by atoms with Gasteiger partial charge in [0.25, 0.3) is 0 Å². The van der Waals surface area contributed by atoms with Crippen LogP contribution in [0.3, 0.4) is 0 Å². The summed E-state index contributed by atoms with van der Waals surface area (Å²) in [5.74, 6) is 0.931. The average Bonchev–Trinajstić information content (AvgIpc) is 3.53. The van der Waals surface area contributed by atoms with E-state index < -0.39 is 12.1 Å². The van der Waals surface area contributed by atoms with Gasteiger partial charge >= 0.3 is 12.1 Å². The van der Waals surface area contributed by atoms with E-state index in [-0.39, 0.29) is 0 Å². The molecule has 1 aromatic carbocycles. The van der Waals surface area contributed by atoms with Crippen LogP contribution in [-0.2, 0) is 18.4 Å². The van der Waals surface area contributed by atoms with Crippen molar-refractivity contribution in [3.63, 3.8) is 0 Å². The maximum Gasteiger partial charge on any atom is 0.490 e. The molecule has 2 aromatic heterocycles. The number of hydrogen-bond acceptors (Lipinski definition) is 6. The molecule has 0 atom stereocenters. The predicted octanol–water partition coefficient (Wildman–Crippen LogP) is 4.01. The lowest BCUT2D eigenvalue weighted by molar-refractivity contribution is -0.192. The molecule has 32 heavy (non-hydrogen) atoms. The zero-order chi connectivity index (χ0) is 23.3. The molecule has 8 nitrogen and oxygen atoms in total. The molecule has 0 spiro atoms. The molecule has 0 radical (unpaired) electrons. The van der Waals surface area contributed by atoms with Gasteiger partial charge in [-0.05, 0) is 18.9 Å². The minimum atomic E-state index is -5.08. The van der Waals surface area contributed by atoms with Crippen LogP contribution >= 0.6 is 0 Å². The number of nitrogens with one attached hydrogen (secondary N) is 1. The smallest absolute Gasteiger partial charge is 0.490 e. The number of para-hydroxylation sites is 1. The quantitative estimate of drug-likeness (QED) is 0.586. The number of anilines is 1. The molecular weight excluding hydrogens is 427 g/mol. The van der Waals surface area contributed by atoms with Gasteiger partial charge in [-0.3, -0.25) is 0 Å². The first kappa shape index (κ1) is 23.0. The number of nitrogens with zero attached hydrogens (tertiary/aromatic N) is 4. The third-order valence-corrected chi connectivity index (χ3v) is 4.66. The van der Waals surface area contributed by atoms with Gasteiger partial charge in [-0.1, -0.05) is 18.2 Å². The van der Waals surface area contributed by atoms with E-state index in [1.807, 2.05) is 36.0 Å². The Balaban J connectivity index is 0.000000360. The highest BCUT2D eigenvalue weighted by Crippen LogP contribution is 2.40. The summed E-state index contributed by atoms with van der Waals surface area (Å²) in [5, 5.41) is 10.5. The topological polar surface area (TPSA) is 102 Å². The lowest BCUT2D eigenvalue weighted by Crippen LogP contribution is -2.21. The minimum absolute atomic E-state index is 0.550. The van der Waals surface area contributed by atoms with Crippen LogP contribution in [0.15, 0.2) is 42.7 Å². The molecule has 2 heterocycles. The number of carbonyl (C=O) groups is 1. The van der Waals surface area contributed by atoms with E-state index in [9.17, 15) is 13.2 Å². The number of aliphatic carboxylic acids is 1. The number of aromatic nitrogens is 4. The maximum absolute atomic E-state index is 10.6. The molecule has 3 aromatic rings. The Bertz CT molecular complexity index is 1080. The summed E-state index contributed by atoms with van der Waals surface area (Å²) in [7, 11) is 3.64. The number of carboxylic acid groups (broad SMARTS) is 1. The molecule has 170 valence electrons. The van der Waals surface area contributed by atoms with Gasteiger partial charge in [0.1, 0.15) is 11.6 Å². The average molecular weight is 449 g/mol. The molecule has 1 fully saturated rings. The van der Waals surface area contributed by atoms with Gasteiger partial charge in [-0.25, -0.2) is 19.7 Å². The number of halogens is 3. The molecule has 0 saturated heterocycles. The van der Waals surface area contributed by atoms with Crippen molar-refractivity contribution < 1.29 is 27.8 Å². The second kappa shape index (κ2) is 9.67. The molecule has 2 N–H and O–H groups in total. The van der Waals surface area contributed by atoms with Gasteiger partial charge in [0.05, 0.1) is 7.11 Å². The van der Waals surface area contributed by atoms with E-state index in [4.69, 9.17) is 19.6 Å². The van der Waals surface area contributed by atoms with Crippen LogP contribution in [0.25, 0.3) is 11.6 Å². The molecule has 1 aliphatic rings. The Hall–Kier alpha value is -3.63. The van der Waals surface area contributed by atoms with E-state index in [1.54, 1.807) is 13.3 Å². The Morgan fingerprint density at radius 3 is 2.53 bits per heavy atom. The minimum Gasteiger partial charge on any atom is -0.496 e. The molecule has 4 rings (SSSR count). The van der Waals surface area contributed by atoms with Crippen molar-refractivity contribution >= 4 is 11.8 Å². The number of ether oxygens (including phenoxy) is 1. The van der Waals surface area contributed by atoms with Crippen LogP contribution in [0.1, 0.15) is 30.0 Å². The molecule has 0 aliphatic heterocycles. The summed E-state index contributed by atoms with van der Waals surface area (Å²) in [5.41, 5.74) is 2.19. The first-order valence-corrected chi connectivity index (χ1v) is 9.71. The summed E-state index contributed by atoms with van der Waals surface area (Å²) < 4.78 is 39.1. The third kappa shape index (κ3) is 5.96. The highest BCUT2D eigenvalue weighted by Gasteiger charge is 2.38. The van der Waals surface area contributed by atoms with Crippen LogP contribution in [0.4, 0.5) is 19.0 Å². The third-order valence-electron chi connectivity index (χ3n) is 4.66. The van der Waals surface area contributed by atoms with Gasteiger partial charge in [-0.15, -0.1) is 0 Å². The number of benzene rings is 1. The maximum atomic E-state index is 10.6. The molecule has 0 amide bonds. The number of alkyl halides is 3. The van der Waals surface area contributed by atoms with Crippen LogP contribution in [0.2, 0.25) is 0 Å². The number of hydrogen-bond donors (Lipinski definition) is 2. The van der Waals surface area contributed by atoms with Gasteiger partial charge in [0.15, 0.2) is 11.6 Å². The Labute approximate surface area is 182 Å². The van der Waals surface area contributed by atoms with Crippen LogP contribution in [0, 0.1) is 0 Å². The monoisotopic (exact) mass is 449 g/mol. The standard InChI is InChI=1S/C19H21N5O.C2HF3O2/c1-24-10-9-20-19(24)18-22-15(13-7-8-13)11-17(23-18)21-12-14-5-3-4-6-16(14)25-2;3-2(4,5)1(6)7/h3-6,9-11,13H,7-8,12H2,1-2H3,(H,21,22,23);(H,6,7). The SMILES string of the molecule is COc1ccccc1CNc1cc(C2CC2)nc(-c2nccn2C)n1.O=C(O)C(F)(F)F. The first-order valence-electron chi connectivity index (χ1n) is 9.71. The lowest BCUT2D eigenvalue weighted by atomic mass is 10.2. The van der Waals surface area contributed by atoms with Crippen LogP contribution < -0.4 is 10.1 Å². The number of methoxy groups -OCH3 is 1. The summed E-state index contributed by atoms with van der Waals surface area (Å²) in [6, 6.07) is 10.0. The molecule has 1 aliphatic carbocycles. The zero-order valence-electron chi connectivity index (χ0n) is 17.4. The highest BCUT2D eigenvalue weighted by molar-refractivity contribution is 5.73. The van der Waals surface area contributed by atoms with Crippen molar-refractivity contribution in [2.45, 2.75) is 31.5 Å². The van der Waals surface area contributed by atoms with E-state index in [0.717, 1.165) is 28.6 Å². The first-order chi connectivity index (χ1) is 15.2. The fourth-order valence-corrected chi connectivity index (χ4v) is 2.86. The Kier molecular flexibility index (Phi) is 6.96. The normalized spacial score (nSPS) is 13.2. The van der Waals surface area contributed by atoms with Crippen molar-refractivity contribution in [2.75, 3.05) is 12.4 Å². The van der Waals surface area contributed by atoms with Crippen LogP contribution in [0.5, 0.6) is 5.75 Å². The summed E-state index contributed by atoms with van der Waals surface area (Å²) >= 11 is 0. The predicted molar refractivity (Wildman–Crippen MR) is 110 cm³/mol. The molecule has 1 saturated carbocycles. The second-order valence-corrected chi connectivity index (χ2v) is 7.11. The zero-order valence-corrected chi connectivity index (χ0v) is 17.4.